The molecule has 1 fully saturated rings. The van der Waals surface area contributed by atoms with Crippen molar-refractivity contribution in [2.24, 2.45) is 0 Å². The molecule has 2 aromatic rings. The van der Waals surface area contributed by atoms with E-state index in [-0.39, 0.29) is 0 Å². The van der Waals surface area contributed by atoms with E-state index in [9.17, 15) is 8.42 Å². The maximum absolute atomic E-state index is 11.5. The number of nitrogens with one attached hydrogen (secondary N) is 1. The fourth-order valence-corrected chi connectivity index (χ4v) is 2.62. The Morgan fingerprint density at radius 3 is 2.73 bits per heavy atom. The van der Waals surface area contributed by atoms with Crippen molar-refractivity contribution < 1.29 is 8.42 Å². The summed E-state index contributed by atoms with van der Waals surface area (Å²) in [5, 5.41) is 16.0. The zero-order valence-corrected chi connectivity index (χ0v) is 12.9. The third-order valence-corrected chi connectivity index (χ3v) is 4.23. The maximum atomic E-state index is 11.5. The van der Waals surface area contributed by atoms with Gasteiger partial charge in [0, 0.05) is 5.92 Å². The van der Waals surface area contributed by atoms with Crippen LogP contribution in [0.25, 0.3) is 0 Å². The van der Waals surface area contributed by atoms with Gasteiger partial charge in [0.25, 0.3) is 10.0 Å². The Balaban J connectivity index is 1.92. The molecule has 0 atom stereocenters. The number of hydrogen-bond donors (Lipinski definition) is 1. The predicted molar refractivity (Wildman–Crippen MR) is 79.2 cm³/mol. The zero-order valence-electron chi connectivity index (χ0n) is 12.1. The van der Waals surface area contributed by atoms with Crippen molar-refractivity contribution in [2.75, 3.05) is 11.6 Å². The number of nitriles is 1. The number of hydrogen-bond acceptors (Lipinski definition) is 7. The Morgan fingerprint density at radius 1 is 1.45 bits per heavy atom. The standard InChI is InChI=1S/C13H14N6O2S/c1-8-11(7-19(18-8)22(2,20)21)16-13-15-6-10(5-14)12(17-13)9-3-4-9/h6-7,9H,3-4H2,1-2H3,(H,15,16,17). The average molecular weight is 318 g/mol. The molecule has 1 N–H and O–H groups in total. The van der Waals surface area contributed by atoms with Crippen LogP contribution in [0.15, 0.2) is 12.4 Å². The van der Waals surface area contributed by atoms with E-state index in [0.717, 1.165) is 28.9 Å². The van der Waals surface area contributed by atoms with Crippen LogP contribution in [0.3, 0.4) is 0 Å². The maximum Gasteiger partial charge on any atom is 0.250 e. The van der Waals surface area contributed by atoms with Gasteiger partial charge in [0.15, 0.2) is 0 Å². The molecule has 9 heteroatoms. The fraction of sp³-hybridized carbons (Fsp3) is 0.385. The van der Waals surface area contributed by atoms with E-state index >= 15 is 0 Å². The number of nitrogens with zero attached hydrogens (tertiary/aromatic N) is 5. The van der Waals surface area contributed by atoms with Gasteiger partial charge in [0.05, 0.1) is 41.3 Å². The van der Waals surface area contributed by atoms with E-state index in [1.807, 2.05) is 0 Å². The first-order valence-corrected chi connectivity index (χ1v) is 8.54. The highest BCUT2D eigenvalue weighted by Gasteiger charge is 2.28. The Morgan fingerprint density at radius 2 is 2.18 bits per heavy atom. The molecule has 0 aliphatic heterocycles. The van der Waals surface area contributed by atoms with Gasteiger partial charge in [-0.2, -0.15) is 14.4 Å². The van der Waals surface area contributed by atoms with Crippen LogP contribution >= 0.6 is 0 Å². The van der Waals surface area contributed by atoms with E-state index in [1.165, 1.54) is 12.4 Å². The summed E-state index contributed by atoms with van der Waals surface area (Å²) in [7, 11) is -3.44. The molecule has 1 aliphatic rings. The van der Waals surface area contributed by atoms with E-state index in [0.29, 0.717) is 28.8 Å². The van der Waals surface area contributed by atoms with Gasteiger partial charge in [-0.1, -0.05) is 0 Å². The van der Waals surface area contributed by atoms with Crippen molar-refractivity contribution in [3.05, 3.63) is 29.3 Å². The molecule has 0 radical (unpaired) electrons. The molecule has 0 amide bonds. The minimum Gasteiger partial charge on any atom is -0.321 e. The van der Waals surface area contributed by atoms with Gasteiger partial charge >= 0.3 is 0 Å². The lowest BCUT2D eigenvalue weighted by molar-refractivity contribution is 0.586. The van der Waals surface area contributed by atoms with Crippen LogP contribution in [-0.4, -0.2) is 33.8 Å². The molecule has 2 aromatic heterocycles. The molecule has 114 valence electrons. The van der Waals surface area contributed by atoms with Crippen molar-refractivity contribution in [1.82, 2.24) is 19.2 Å². The van der Waals surface area contributed by atoms with E-state index < -0.39 is 10.0 Å². The summed E-state index contributed by atoms with van der Waals surface area (Å²) >= 11 is 0. The highest BCUT2D eigenvalue weighted by molar-refractivity contribution is 7.89. The summed E-state index contributed by atoms with van der Waals surface area (Å²) < 4.78 is 23.9. The second kappa shape index (κ2) is 5.06. The molecule has 1 aliphatic carbocycles. The molecule has 0 bridgehead atoms. The Bertz CT molecular complexity index is 876. The van der Waals surface area contributed by atoms with Crippen molar-refractivity contribution in [1.29, 1.82) is 5.26 Å². The average Bonchev–Trinajstić information content (AvgIpc) is 3.23. The first-order valence-electron chi connectivity index (χ1n) is 6.69. The third kappa shape index (κ3) is 2.78. The van der Waals surface area contributed by atoms with Gasteiger partial charge in [-0.25, -0.2) is 18.4 Å². The van der Waals surface area contributed by atoms with Gasteiger partial charge in [-0.15, -0.1) is 0 Å². The SMILES string of the molecule is Cc1nn(S(C)(=O)=O)cc1Nc1ncc(C#N)c(C2CC2)n1. The van der Waals surface area contributed by atoms with Crippen LogP contribution in [0.4, 0.5) is 11.6 Å². The van der Waals surface area contributed by atoms with Gasteiger partial charge in [0.2, 0.25) is 5.95 Å². The normalized spacial score (nSPS) is 14.6. The summed E-state index contributed by atoms with van der Waals surface area (Å²) in [4.78, 5) is 8.48. The van der Waals surface area contributed by atoms with Crippen molar-refractivity contribution >= 4 is 21.7 Å². The van der Waals surface area contributed by atoms with Crippen molar-refractivity contribution in [3.8, 4) is 6.07 Å². The second-order valence-electron chi connectivity index (χ2n) is 5.27. The molecular weight excluding hydrogens is 304 g/mol. The molecule has 8 nitrogen and oxygen atoms in total. The van der Waals surface area contributed by atoms with Gasteiger partial charge < -0.3 is 5.32 Å². The molecule has 0 aromatic carbocycles. The molecule has 22 heavy (non-hydrogen) atoms. The predicted octanol–water partition coefficient (Wildman–Crippen LogP) is 1.28. The minimum atomic E-state index is -3.44. The van der Waals surface area contributed by atoms with Crippen LogP contribution in [0.5, 0.6) is 0 Å². The van der Waals surface area contributed by atoms with Crippen LogP contribution < -0.4 is 5.32 Å². The highest BCUT2D eigenvalue weighted by atomic mass is 32.2. The molecule has 0 saturated heterocycles. The monoisotopic (exact) mass is 318 g/mol. The Labute approximate surface area is 127 Å². The lowest BCUT2D eigenvalue weighted by atomic mass is 10.2. The zero-order chi connectivity index (χ0) is 15.9. The van der Waals surface area contributed by atoms with E-state index in [1.54, 1.807) is 6.92 Å². The first-order chi connectivity index (χ1) is 10.4. The van der Waals surface area contributed by atoms with Crippen LogP contribution in [0, 0.1) is 18.3 Å². The summed E-state index contributed by atoms with van der Waals surface area (Å²) in [5.41, 5.74) is 2.26. The third-order valence-electron chi connectivity index (χ3n) is 3.37. The lowest BCUT2D eigenvalue weighted by Crippen LogP contribution is -2.10. The molecule has 2 heterocycles. The fourth-order valence-electron chi connectivity index (χ4n) is 2.06. The minimum absolute atomic E-state index is 0.318. The van der Waals surface area contributed by atoms with Crippen LogP contribution in [-0.2, 0) is 10.0 Å². The number of anilines is 2. The smallest absolute Gasteiger partial charge is 0.250 e. The quantitative estimate of drug-likeness (QED) is 0.903. The van der Waals surface area contributed by atoms with E-state index in [2.05, 4.69) is 26.5 Å². The van der Waals surface area contributed by atoms with Gasteiger partial charge in [0.1, 0.15) is 6.07 Å². The molecule has 0 unspecified atom stereocenters. The van der Waals surface area contributed by atoms with Gasteiger partial charge in [-0.3, -0.25) is 0 Å². The first kappa shape index (κ1) is 14.5. The Kier molecular flexibility index (Phi) is 3.33. The lowest BCUT2D eigenvalue weighted by Gasteiger charge is -2.06. The number of aromatic nitrogens is 4. The summed E-state index contributed by atoms with van der Waals surface area (Å²) in [6, 6.07) is 2.09. The second-order valence-corrected chi connectivity index (χ2v) is 7.11. The van der Waals surface area contributed by atoms with Gasteiger partial charge in [-0.05, 0) is 19.8 Å². The molecule has 1 saturated carbocycles. The van der Waals surface area contributed by atoms with Crippen LogP contribution in [0.2, 0.25) is 0 Å². The number of aryl methyl sites for hydroxylation is 1. The molecule has 3 rings (SSSR count). The summed E-state index contributed by atoms with van der Waals surface area (Å²) in [5.74, 6) is 0.648. The van der Waals surface area contributed by atoms with Crippen molar-refractivity contribution in [3.63, 3.8) is 0 Å². The largest absolute Gasteiger partial charge is 0.321 e. The molecular formula is C13H14N6O2S. The Hall–Kier alpha value is -2.47. The number of rotatable bonds is 4. The van der Waals surface area contributed by atoms with Crippen LogP contribution in [0.1, 0.15) is 35.7 Å². The topological polar surface area (TPSA) is 114 Å². The van der Waals surface area contributed by atoms with E-state index in [4.69, 9.17) is 5.26 Å². The molecule has 0 spiro atoms. The highest BCUT2D eigenvalue weighted by Crippen LogP contribution is 2.40. The summed E-state index contributed by atoms with van der Waals surface area (Å²) in [6.45, 7) is 1.69. The van der Waals surface area contributed by atoms with Crippen molar-refractivity contribution in [2.45, 2.75) is 25.7 Å². The summed E-state index contributed by atoms with van der Waals surface area (Å²) in [6.07, 6.45) is 5.99.